The molecule has 0 saturated heterocycles. The summed E-state index contributed by atoms with van der Waals surface area (Å²) in [4.78, 5) is 3.53. The molecule has 2 aromatic rings. The predicted octanol–water partition coefficient (Wildman–Crippen LogP) is 2.15. The second-order valence-electron chi connectivity index (χ2n) is 4.80. The molecular weight excluding hydrogens is 335 g/mol. The van der Waals surface area contributed by atoms with Gasteiger partial charge in [-0.15, -0.1) is 13.2 Å². The summed E-state index contributed by atoms with van der Waals surface area (Å²) in [6.07, 6.45) is -0.130. The summed E-state index contributed by atoms with van der Waals surface area (Å²) in [5.41, 5.74) is 0. The van der Waals surface area contributed by atoms with Crippen LogP contribution in [-0.4, -0.2) is 30.4 Å². The molecule has 126 valence electrons. The lowest BCUT2D eigenvalue weighted by Crippen LogP contribution is -2.35. The predicted molar refractivity (Wildman–Crippen MR) is 75.1 cm³/mol. The third-order valence-corrected chi connectivity index (χ3v) is 4.34. The van der Waals surface area contributed by atoms with Crippen LogP contribution in [0.1, 0.15) is 6.92 Å². The summed E-state index contributed by atoms with van der Waals surface area (Å²) in [5.74, 6) is -0.595. The first-order chi connectivity index (χ1) is 10.7. The van der Waals surface area contributed by atoms with Crippen LogP contribution in [-0.2, 0) is 16.6 Å². The van der Waals surface area contributed by atoms with Crippen molar-refractivity contribution < 1.29 is 26.3 Å². The van der Waals surface area contributed by atoms with Gasteiger partial charge in [0, 0.05) is 31.0 Å². The van der Waals surface area contributed by atoms with Gasteiger partial charge in [-0.3, -0.25) is 0 Å². The van der Waals surface area contributed by atoms with E-state index in [2.05, 4.69) is 14.4 Å². The number of halogens is 3. The topological polar surface area (TPSA) is 73.2 Å². The smallest absolute Gasteiger partial charge is 0.406 e. The highest BCUT2D eigenvalue weighted by Crippen LogP contribution is 2.24. The quantitative estimate of drug-likeness (QED) is 0.867. The molecule has 0 bridgehead atoms. The van der Waals surface area contributed by atoms with E-state index in [0.29, 0.717) is 6.54 Å². The molecule has 0 aliphatic heterocycles. The summed E-state index contributed by atoms with van der Waals surface area (Å²) < 4.78 is 68.8. The lowest BCUT2D eigenvalue weighted by atomic mass is 10.3. The van der Waals surface area contributed by atoms with E-state index in [1.807, 2.05) is 0 Å². The largest absolute Gasteiger partial charge is 0.573 e. The van der Waals surface area contributed by atoms with E-state index in [-0.39, 0.29) is 4.90 Å². The van der Waals surface area contributed by atoms with Gasteiger partial charge in [-0.2, -0.15) is 0 Å². The van der Waals surface area contributed by atoms with Crippen molar-refractivity contribution in [3.63, 3.8) is 0 Å². The molecule has 0 aliphatic carbocycles. The minimum Gasteiger partial charge on any atom is -0.406 e. The Morgan fingerprint density at radius 2 is 2.13 bits per heavy atom. The zero-order valence-corrected chi connectivity index (χ0v) is 12.8. The number of hydrogen-bond acceptors (Lipinski definition) is 4. The molecule has 6 nitrogen and oxygen atoms in total. The fourth-order valence-corrected chi connectivity index (χ4v) is 3.19. The first kappa shape index (κ1) is 17.3. The minimum absolute atomic E-state index is 0.309. The zero-order chi connectivity index (χ0) is 17.1. The van der Waals surface area contributed by atoms with Crippen molar-refractivity contribution >= 4 is 10.0 Å². The van der Waals surface area contributed by atoms with Gasteiger partial charge >= 0.3 is 6.36 Å². The lowest BCUT2D eigenvalue weighted by Gasteiger charge is -2.15. The average molecular weight is 349 g/mol. The fourth-order valence-electron chi connectivity index (χ4n) is 1.92. The summed E-state index contributed by atoms with van der Waals surface area (Å²) >= 11 is 0. The van der Waals surface area contributed by atoms with Crippen molar-refractivity contribution in [1.82, 2.24) is 14.3 Å². The SMILES string of the molecule is C[C@@H](Cn1ccnc1)NS(=O)(=O)c1cccc(OC(F)(F)F)c1. The summed E-state index contributed by atoms with van der Waals surface area (Å²) in [5, 5.41) is 0. The van der Waals surface area contributed by atoms with Gasteiger partial charge in [-0.1, -0.05) is 6.07 Å². The molecule has 1 N–H and O–H groups in total. The van der Waals surface area contributed by atoms with Crippen molar-refractivity contribution in [1.29, 1.82) is 0 Å². The number of hydrogen-bond donors (Lipinski definition) is 1. The van der Waals surface area contributed by atoms with Crippen LogP contribution in [0.25, 0.3) is 0 Å². The van der Waals surface area contributed by atoms with Gasteiger partial charge in [-0.25, -0.2) is 18.1 Å². The highest BCUT2D eigenvalue weighted by Gasteiger charge is 2.31. The van der Waals surface area contributed by atoms with Crippen LogP contribution in [0.3, 0.4) is 0 Å². The van der Waals surface area contributed by atoms with E-state index in [1.165, 1.54) is 18.5 Å². The van der Waals surface area contributed by atoms with E-state index in [1.54, 1.807) is 23.9 Å². The summed E-state index contributed by atoms with van der Waals surface area (Å²) in [7, 11) is -3.97. The number of imidazole rings is 1. The maximum atomic E-state index is 12.2. The molecule has 23 heavy (non-hydrogen) atoms. The monoisotopic (exact) mass is 349 g/mol. The van der Waals surface area contributed by atoms with Crippen molar-refractivity contribution in [3.8, 4) is 5.75 Å². The van der Waals surface area contributed by atoms with Crippen molar-refractivity contribution in [2.75, 3.05) is 0 Å². The molecule has 0 spiro atoms. The summed E-state index contributed by atoms with van der Waals surface area (Å²) in [6, 6.07) is 3.73. The highest BCUT2D eigenvalue weighted by molar-refractivity contribution is 7.89. The molecule has 0 amide bonds. The van der Waals surface area contributed by atoms with Crippen LogP contribution < -0.4 is 9.46 Å². The normalized spacial score (nSPS) is 13.7. The van der Waals surface area contributed by atoms with E-state index >= 15 is 0 Å². The van der Waals surface area contributed by atoms with E-state index in [0.717, 1.165) is 12.1 Å². The van der Waals surface area contributed by atoms with E-state index in [9.17, 15) is 21.6 Å². The number of aromatic nitrogens is 2. The number of alkyl halides is 3. The Balaban J connectivity index is 2.11. The van der Waals surface area contributed by atoms with Gasteiger partial charge in [0.15, 0.2) is 0 Å². The maximum absolute atomic E-state index is 12.2. The first-order valence-corrected chi connectivity index (χ1v) is 7.98. The lowest BCUT2D eigenvalue weighted by molar-refractivity contribution is -0.274. The number of nitrogens with zero attached hydrogens (tertiary/aromatic N) is 2. The Hall–Kier alpha value is -2.07. The molecule has 0 aliphatic rings. The Bertz CT molecular complexity index is 745. The molecule has 0 unspecified atom stereocenters. The maximum Gasteiger partial charge on any atom is 0.573 e. The van der Waals surface area contributed by atoms with Crippen LogP contribution in [0.4, 0.5) is 13.2 Å². The van der Waals surface area contributed by atoms with Crippen LogP contribution in [0.2, 0.25) is 0 Å². The van der Waals surface area contributed by atoms with Gasteiger partial charge in [0.1, 0.15) is 5.75 Å². The average Bonchev–Trinajstić information content (AvgIpc) is 2.89. The van der Waals surface area contributed by atoms with Crippen LogP contribution in [0.15, 0.2) is 47.9 Å². The van der Waals surface area contributed by atoms with Crippen molar-refractivity contribution in [2.45, 2.75) is 30.8 Å². The van der Waals surface area contributed by atoms with Gasteiger partial charge in [0.2, 0.25) is 10.0 Å². The standard InChI is InChI=1S/C13H14F3N3O3S/c1-10(8-19-6-5-17-9-19)18-23(20,21)12-4-2-3-11(7-12)22-13(14,15)16/h2-7,9-10,18H,8H2,1H3/t10-/m0/s1. The highest BCUT2D eigenvalue weighted by atomic mass is 32.2. The zero-order valence-electron chi connectivity index (χ0n) is 12.0. The van der Waals surface area contributed by atoms with Gasteiger partial charge in [0.25, 0.3) is 0 Å². The van der Waals surface area contributed by atoms with Crippen molar-refractivity contribution in [2.24, 2.45) is 0 Å². The summed E-state index contributed by atoms with van der Waals surface area (Å²) in [6.45, 7) is 1.96. The fraction of sp³-hybridized carbons (Fsp3) is 0.308. The molecule has 2 rings (SSSR count). The molecule has 1 aromatic heterocycles. The Morgan fingerprint density at radius 3 is 2.74 bits per heavy atom. The van der Waals surface area contributed by atoms with Gasteiger partial charge in [-0.05, 0) is 19.1 Å². The van der Waals surface area contributed by atoms with Crippen LogP contribution in [0, 0.1) is 0 Å². The first-order valence-electron chi connectivity index (χ1n) is 6.49. The molecule has 0 radical (unpaired) electrons. The molecule has 1 heterocycles. The van der Waals surface area contributed by atoms with E-state index < -0.39 is 28.2 Å². The molecular formula is C13H14F3N3O3S. The number of ether oxygens (including phenoxy) is 1. The van der Waals surface area contributed by atoms with Crippen molar-refractivity contribution in [3.05, 3.63) is 43.0 Å². The number of benzene rings is 1. The Labute approximate surface area is 131 Å². The van der Waals surface area contributed by atoms with Crippen LogP contribution >= 0.6 is 0 Å². The molecule has 0 fully saturated rings. The second kappa shape index (κ2) is 6.59. The Kier molecular flexibility index (Phi) is 4.95. The second-order valence-corrected chi connectivity index (χ2v) is 6.52. The number of nitrogens with one attached hydrogen (secondary N) is 1. The molecule has 1 aromatic carbocycles. The number of sulfonamides is 1. The van der Waals surface area contributed by atoms with Gasteiger partial charge < -0.3 is 9.30 Å². The van der Waals surface area contributed by atoms with Gasteiger partial charge in [0.05, 0.1) is 11.2 Å². The molecule has 1 atom stereocenters. The molecule has 10 heteroatoms. The molecule has 0 saturated carbocycles. The van der Waals surface area contributed by atoms with Crippen LogP contribution in [0.5, 0.6) is 5.75 Å². The Morgan fingerprint density at radius 1 is 1.39 bits per heavy atom. The third-order valence-electron chi connectivity index (χ3n) is 2.75. The third kappa shape index (κ3) is 5.25. The van der Waals surface area contributed by atoms with E-state index in [4.69, 9.17) is 0 Å². The number of rotatable bonds is 6. The minimum atomic E-state index is -4.88.